The van der Waals surface area contributed by atoms with Gasteiger partial charge in [0.15, 0.2) is 0 Å². The van der Waals surface area contributed by atoms with Crippen LogP contribution in [0.2, 0.25) is 0 Å². The van der Waals surface area contributed by atoms with Crippen molar-refractivity contribution in [2.75, 3.05) is 10.0 Å². The first-order valence-corrected chi connectivity index (χ1v) is 9.90. The van der Waals surface area contributed by atoms with Crippen LogP contribution in [-0.4, -0.2) is 13.4 Å². The topological polar surface area (TPSA) is 71.1 Å². The number of pyridine rings is 1. The van der Waals surface area contributed by atoms with E-state index in [0.29, 0.717) is 12.2 Å². The number of nitrogens with one attached hydrogen (secondary N) is 2. The summed E-state index contributed by atoms with van der Waals surface area (Å²) in [6, 6.07) is 18.0. The minimum Gasteiger partial charge on any atom is -0.381 e. The van der Waals surface area contributed by atoms with Gasteiger partial charge in [-0.1, -0.05) is 19.1 Å². The molecule has 0 saturated carbocycles. The molecule has 1 aromatic heterocycles. The maximum absolute atomic E-state index is 12.5. The summed E-state index contributed by atoms with van der Waals surface area (Å²) in [7, 11) is -3.58. The molecule has 0 radical (unpaired) electrons. The molecule has 0 amide bonds. The Kier molecular flexibility index (Phi) is 5.53. The first-order chi connectivity index (χ1) is 12.6. The molecule has 2 N–H and O–H groups in total. The summed E-state index contributed by atoms with van der Waals surface area (Å²) in [5.41, 5.74) is 3.67. The molecule has 5 nitrogen and oxygen atoms in total. The van der Waals surface area contributed by atoms with Crippen molar-refractivity contribution >= 4 is 21.4 Å². The van der Waals surface area contributed by atoms with E-state index in [1.165, 1.54) is 0 Å². The molecule has 0 saturated heterocycles. The van der Waals surface area contributed by atoms with Gasteiger partial charge in [-0.3, -0.25) is 9.71 Å². The molecular formula is C20H21N3O2S. The fraction of sp³-hybridized carbons (Fsp3) is 0.150. The maximum atomic E-state index is 12.5. The van der Waals surface area contributed by atoms with E-state index in [1.807, 2.05) is 43.3 Å². The lowest BCUT2D eigenvalue weighted by atomic mass is 10.2. The highest BCUT2D eigenvalue weighted by Crippen LogP contribution is 2.19. The largest absolute Gasteiger partial charge is 0.381 e. The smallest absolute Gasteiger partial charge is 0.261 e. The molecule has 2 aromatic carbocycles. The normalized spacial score (nSPS) is 11.1. The molecule has 26 heavy (non-hydrogen) atoms. The average molecular weight is 367 g/mol. The molecule has 0 unspecified atom stereocenters. The van der Waals surface area contributed by atoms with Crippen LogP contribution in [0.25, 0.3) is 0 Å². The zero-order chi connectivity index (χ0) is 18.4. The second kappa shape index (κ2) is 8.01. The van der Waals surface area contributed by atoms with E-state index >= 15 is 0 Å². The van der Waals surface area contributed by atoms with Crippen molar-refractivity contribution in [3.05, 3.63) is 84.2 Å². The molecular weight excluding hydrogens is 346 g/mol. The van der Waals surface area contributed by atoms with E-state index in [0.717, 1.165) is 23.2 Å². The van der Waals surface area contributed by atoms with Crippen molar-refractivity contribution in [3.63, 3.8) is 0 Å². The van der Waals surface area contributed by atoms with Crippen LogP contribution < -0.4 is 10.0 Å². The molecule has 0 bridgehead atoms. The summed E-state index contributed by atoms with van der Waals surface area (Å²) < 4.78 is 27.5. The van der Waals surface area contributed by atoms with E-state index in [9.17, 15) is 8.42 Å². The van der Waals surface area contributed by atoms with Crippen LogP contribution in [0.4, 0.5) is 11.4 Å². The highest BCUT2D eigenvalue weighted by molar-refractivity contribution is 7.92. The van der Waals surface area contributed by atoms with Crippen LogP contribution in [0, 0.1) is 0 Å². The standard InChI is InChI=1S/C20H21N3O2S/c1-2-16-3-9-20(10-4-16)26(24,25)23-19-7-5-18(6-8-19)22-15-17-11-13-21-14-12-17/h3-14,22-23H,2,15H2,1H3. The number of benzene rings is 2. The van der Waals surface area contributed by atoms with Gasteiger partial charge in [0, 0.05) is 30.3 Å². The second-order valence-corrected chi connectivity index (χ2v) is 7.57. The first-order valence-electron chi connectivity index (χ1n) is 8.41. The third-order valence-electron chi connectivity index (χ3n) is 4.03. The lowest BCUT2D eigenvalue weighted by Crippen LogP contribution is -2.13. The van der Waals surface area contributed by atoms with Gasteiger partial charge in [0.05, 0.1) is 4.90 Å². The quantitative estimate of drug-likeness (QED) is 0.661. The Morgan fingerprint density at radius 2 is 1.42 bits per heavy atom. The van der Waals surface area contributed by atoms with Crippen molar-refractivity contribution in [1.82, 2.24) is 4.98 Å². The number of hydrogen-bond donors (Lipinski definition) is 2. The molecule has 134 valence electrons. The summed E-state index contributed by atoms with van der Waals surface area (Å²) in [6.07, 6.45) is 4.38. The monoisotopic (exact) mass is 367 g/mol. The first kappa shape index (κ1) is 17.9. The van der Waals surface area contributed by atoms with Gasteiger partial charge in [0.2, 0.25) is 0 Å². The second-order valence-electron chi connectivity index (χ2n) is 5.89. The fourth-order valence-corrected chi connectivity index (χ4v) is 3.54. The third kappa shape index (κ3) is 4.61. The molecule has 0 atom stereocenters. The lowest BCUT2D eigenvalue weighted by Gasteiger charge is -2.10. The lowest BCUT2D eigenvalue weighted by molar-refractivity contribution is 0.601. The van der Waals surface area contributed by atoms with Gasteiger partial charge in [-0.2, -0.15) is 0 Å². The number of anilines is 2. The van der Waals surface area contributed by atoms with Crippen LogP contribution in [-0.2, 0) is 23.0 Å². The average Bonchev–Trinajstić information content (AvgIpc) is 2.68. The molecule has 6 heteroatoms. The van der Waals surface area contributed by atoms with E-state index in [1.54, 1.807) is 36.7 Å². The van der Waals surface area contributed by atoms with Crippen LogP contribution in [0.3, 0.4) is 0 Å². The summed E-state index contributed by atoms with van der Waals surface area (Å²) in [4.78, 5) is 4.25. The van der Waals surface area contributed by atoms with Crippen LogP contribution in [0.15, 0.2) is 78.0 Å². The molecule has 1 heterocycles. The summed E-state index contributed by atoms with van der Waals surface area (Å²) in [5.74, 6) is 0. The van der Waals surface area contributed by atoms with Gasteiger partial charge >= 0.3 is 0 Å². The Hall–Kier alpha value is -2.86. The summed E-state index contributed by atoms with van der Waals surface area (Å²) in [5, 5.41) is 3.29. The van der Waals surface area contributed by atoms with Crippen LogP contribution in [0.1, 0.15) is 18.1 Å². The molecule has 3 rings (SSSR count). The van der Waals surface area contributed by atoms with Gasteiger partial charge in [-0.05, 0) is 66.1 Å². The van der Waals surface area contributed by atoms with Crippen LogP contribution >= 0.6 is 0 Å². The Morgan fingerprint density at radius 3 is 2.04 bits per heavy atom. The van der Waals surface area contributed by atoms with Gasteiger partial charge < -0.3 is 5.32 Å². The number of aromatic nitrogens is 1. The Morgan fingerprint density at radius 1 is 0.808 bits per heavy atom. The number of rotatable bonds is 7. The minimum atomic E-state index is -3.58. The molecule has 3 aromatic rings. The Bertz CT molecular complexity index is 939. The highest BCUT2D eigenvalue weighted by atomic mass is 32.2. The maximum Gasteiger partial charge on any atom is 0.261 e. The fourth-order valence-electron chi connectivity index (χ4n) is 2.48. The molecule has 0 fully saturated rings. The van der Waals surface area contributed by atoms with Crippen molar-refractivity contribution in [2.45, 2.75) is 24.8 Å². The van der Waals surface area contributed by atoms with Crippen molar-refractivity contribution in [3.8, 4) is 0 Å². The van der Waals surface area contributed by atoms with Gasteiger partial charge in [-0.15, -0.1) is 0 Å². The predicted octanol–water partition coefficient (Wildman–Crippen LogP) is 4.06. The molecule has 0 aliphatic carbocycles. The Balaban J connectivity index is 1.64. The van der Waals surface area contributed by atoms with E-state index < -0.39 is 10.0 Å². The summed E-state index contributed by atoms with van der Waals surface area (Å²) in [6.45, 7) is 2.71. The number of sulfonamides is 1. The molecule has 0 aliphatic rings. The van der Waals surface area contributed by atoms with Crippen LogP contribution in [0.5, 0.6) is 0 Å². The summed E-state index contributed by atoms with van der Waals surface area (Å²) >= 11 is 0. The zero-order valence-electron chi connectivity index (χ0n) is 14.5. The van der Waals surface area contributed by atoms with Crippen molar-refractivity contribution in [2.24, 2.45) is 0 Å². The molecule has 0 spiro atoms. The SMILES string of the molecule is CCc1ccc(S(=O)(=O)Nc2ccc(NCc3ccncc3)cc2)cc1. The number of aryl methyl sites for hydroxylation is 1. The minimum absolute atomic E-state index is 0.259. The van der Waals surface area contributed by atoms with E-state index in [2.05, 4.69) is 15.0 Å². The number of nitrogens with zero attached hydrogens (tertiary/aromatic N) is 1. The Labute approximate surface area is 154 Å². The van der Waals surface area contributed by atoms with Gasteiger partial charge in [-0.25, -0.2) is 8.42 Å². The van der Waals surface area contributed by atoms with Gasteiger partial charge in [0.1, 0.15) is 0 Å². The number of hydrogen-bond acceptors (Lipinski definition) is 4. The zero-order valence-corrected chi connectivity index (χ0v) is 15.3. The predicted molar refractivity (Wildman–Crippen MR) is 105 cm³/mol. The molecule has 0 aliphatic heterocycles. The van der Waals surface area contributed by atoms with Crippen molar-refractivity contribution in [1.29, 1.82) is 0 Å². The highest BCUT2D eigenvalue weighted by Gasteiger charge is 2.13. The van der Waals surface area contributed by atoms with E-state index in [4.69, 9.17) is 0 Å². The third-order valence-corrected chi connectivity index (χ3v) is 5.42. The van der Waals surface area contributed by atoms with Gasteiger partial charge in [0.25, 0.3) is 10.0 Å². The van der Waals surface area contributed by atoms with Crippen molar-refractivity contribution < 1.29 is 8.42 Å². The van der Waals surface area contributed by atoms with E-state index in [-0.39, 0.29) is 4.90 Å².